The second-order valence-corrected chi connectivity index (χ2v) is 6.97. The van der Waals surface area contributed by atoms with Crippen molar-refractivity contribution in [2.24, 2.45) is 0 Å². The average Bonchev–Trinajstić information content (AvgIpc) is 3.33. The second kappa shape index (κ2) is 11.6. The molecular formula is C23H17Cl3N5O2V-3. The summed E-state index contributed by atoms with van der Waals surface area (Å²) < 4.78 is 3.10. The number of nitrogens with zero attached hydrogens (tertiary/aromatic N) is 5. The summed E-state index contributed by atoms with van der Waals surface area (Å²) in [6.07, 6.45) is 0. The first-order valence-electron chi connectivity index (χ1n) is 9.49. The normalized spacial score (nSPS) is 9.94. The average molecular weight is 553 g/mol. The summed E-state index contributed by atoms with van der Waals surface area (Å²) in [5.74, 6) is 0.607. The number of fused-ring (bicyclic) bond motifs is 2. The van der Waals surface area contributed by atoms with Gasteiger partial charge in [-0.1, -0.05) is 30.3 Å². The molecule has 0 N–H and O–H groups in total. The van der Waals surface area contributed by atoms with Crippen molar-refractivity contribution in [2.45, 2.75) is 13.8 Å². The van der Waals surface area contributed by atoms with Crippen LogP contribution in [0.3, 0.4) is 0 Å². The molecule has 0 aliphatic heterocycles. The summed E-state index contributed by atoms with van der Waals surface area (Å²) >= 11 is 0. The minimum Gasteiger partial charge on any atom is -1.00 e. The molecule has 0 aliphatic carbocycles. The first-order valence-corrected chi connectivity index (χ1v) is 9.49. The fourth-order valence-corrected chi connectivity index (χ4v) is 3.72. The fraction of sp³-hybridized carbons (Fsp3) is 0.0870. The molecule has 11 heteroatoms. The van der Waals surface area contributed by atoms with Gasteiger partial charge >= 0.3 is 0 Å². The zero-order chi connectivity index (χ0) is 20.8. The number of para-hydroxylation sites is 4. The van der Waals surface area contributed by atoms with Crippen molar-refractivity contribution >= 4 is 33.9 Å². The van der Waals surface area contributed by atoms with Gasteiger partial charge in [0.05, 0.1) is 22.1 Å². The van der Waals surface area contributed by atoms with Gasteiger partial charge in [0.15, 0.2) is 11.6 Å². The molecule has 0 unspecified atom stereocenters. The quantitative estimate of drug-likeness (QED) is 0.220. The number of hydrogen-bond donors (Lipinski definition) is 0. The predicted octanol–water partition coefficient (Wildman–Crippen LogP) is -4.56. The van der Waals surface area contributed by atoms with E-state index in [2.05, 4.69) is 9.97 Å². The van der Waals surface area contributed by atoms with Crippen LogP contribution >= 0.6 is 0 Å². The molecule has 7 nitrogen and oxygen atoms in total. The Balaban J connectivity index is 0.00000144. The molecule has 2 aromatic carbocycles. The summed E-state index contributed by atoms with van der Waals surface area (Å²) in [5, 5.41) is 0. The third-order valence-corrected chi connectivity index (χ3v) is 4.96. The number of carbonyl (C=O) groups excluding carboxylic acids is 2. The van der Waals surface area contributed by atoms with Crippen molar-refractivity contribution < 1.29 is 65.4 Å². The van der Waals surface area contributed by atoms with Gasteiger partial charge in [0.25, 0.3) is 0 Å². The molecule has 0 spiro atoms. The number of hydrogen-bond acceptors (Lipinski definition) is 5. The molecule has 34 heavy (non-hydrogen) atoms. The van der Waals surface area contributed by atoms with Crippen LogP contribution in [0.15, 0.2) is 66.7 Å². The Bertz CT molecular complexity index is 1380. The van der Waals surface area contributed by atoms with Gasteiger partial charge in [-0.05, 0) is 36.4 Å². The van der Waals surface area contributed by atoms with Crippen molar-refractivity contribution in [2.75, 3.05) is 0 Å². The van der Waals surface area contributed by atoms with Crippen LogP contribution in [0.5, 0.6) is 0 Å². The Morgan fingerprint density at radius 1 is 0.588 bits per heavy atom. The molecule has 0 aliphatic rings. The number of carbonyl (C=O) groups is 2. The first kappa shape index (κ1) is 29.4. The summed E-state index contributed by atoms with van der Waals surface area (Å²) in [6, 6.07) is 20.3. The zero-order valence-corrected chi connectivity index (χ0v) is 21.6. The van der Waals surface area contributed by atoms with Crippen LogP contribution in [0.1, 0.15) is 23.4 Å². The number of benzene rings is 2. The largest absolute Gasteiger partial charge is 1.00 e. The maximum atomic E-state index is 12.4. The molecule has 5 rings (SSSR count). The van der Waals surface area contributed by atoms with Crippen LogP contribution in [0, 0.1) is 0 Å². The van der Waals surface area contributed by atoms with Crippen LogP contribution in [-0.2, 0) is 18.6 Å². The van der Waals surface area contributed by atoms with Gasteiger partial charge in [-0.3, -0.25) is 18.7 Å². The Labute approximate surface area is 226 Å². The molecule has 0 saturated carbocycles. The molecule has 3 heterocycles. The molecular weight excluding hydrogens is 536 g/mol. The second-order valence-electron chi connectivity index (χ2n) is 6.97. The van der Waals surface area contributed by atoms with Gasteiger partial charge in [0.1, 0.15) is 11.4 Å². The molecule has 0 amide bonds. The molecule has 5 aromatic rings. The van der Waals surface area contributed by atoms with E-state index in [9.17, 15) is 9.59 Å². The van der Waals surface area contributed by atoms with Crippen molar-refractivity contribution in [3.05, 3.63) is 66.7 Å². The predicted molar refractivity (Wildman–Crippen MR) is 114 cm³/mol. The van der Waals surface area contributed by atoms with Crippen LogP contribution in [0.4, 0.5) is 0 Å². The van der Waals surface area contributed by atoms with E-state index in [0.717, 1.165) is 11.0 Å². The standard InChI is InChI=1S/C23H17N5O2.3ClH.V/c1-14(29)27-20-12-5-3-8-16(20)25-22(27)18-10-7-11-19(24-18)23-26-17-9-4-6-13-21(17)28(23)15(2)30;;;;/h3-13H,1-2H3;3*1H;/p-3. The summed E-state index contributed by atoms with van der Waals surface area (Å²) in [6.45, 7) is 2.99. The summed E-state index contributed by atoms with van der Waals surface area (Å²) in [7, 11) is 0. The van der Waals surface area contributed by atoms with E-state index in [1.165, 1.54) is 13.8 Å². The van der Waals surface area contributed by atoms with Crippen LogP contribution in [0.2, 0.25) is 0 Å². The van der Waals surface area contributed by atoms with Gasteiger partial charge in [-0.2, -0.15) is 0 Å². The topological polar surface area (TPSA) is 82.7 Å². The molecule has 1 radical (unpaired) electrons. The van der Waals surface area contributed by atoms with Gasteiger partial charge in [0, 0.05) is 32.4 Å². The van der Waals surface area contributed by atoms with Gasteiger partial charge in [-0.25, -0.2) is 15.0 Å². The maximum absolute atomic E-state index is 12.4. The van der Waals surface area contributed by atoms with Crippen LogP contribution in [-0.4, -0.2) is 35.9 Å². The molecule has 0 atom stereocenters. The van der Waals surface area contributed by atoms with E-state index in [4.69, 9.17) is 4.98 Å². The van der Waals surface area contributed by atoms with Crippen LogP contribution in [0.25, 0.3) is 45.1 Å². The third-order valence-electron chi connectivity index (χ3n) is 4.96. The summed E-state index contributed by atoms with van der Waals surface area (Å²) in [4.78, 5) is 38.7. The van der Waals surface area contributed by atoms with Crippen molar-refractivity contribution in [1.82, 2.24) is 24.1 Å². The third kappa shape index (κ3) is 4.90. The SMILES string of the molecule is CC(=O)n1c(-c2cccc(-c3nc4ccccc4n3C(C)=O)n2)nc2ccccc21.[Cl-].[Cl-].[Cl-].[V]. The van der Waals surface area contributed by atoms with Gasteiger partial charge in [0.2, 0.25) is 11.8 Å². The molecule has 0 saturated heterocycles. The molecule has 0 fully saturated rings. The van der Waals surface area contributed by atoms with E-state index < -0.39 is 0 Å². The number of rotatable bonds is 2. The minimum atomic E-state index is -0.151. The summed E-state index contributed by atoms with van der Waals surface area (Å²) in [5.41, 5.74) is 3.94. The van der Waals surface area contributed by atoms with Gasteiger partial charge in [-0.15, -0.1) is 0 Å². The molecule has 175 valence electrons. The Kier molecular flexibility index (Phi) is 10.1. The Hall–Kier alpha value is -2.68. The monoisotopic (exact) mass is 551 g/mol. The van der Waals surface area contributed by atoms with E-state index >= 15 is 0 Å². The van der Waals surface area contributed by atoms with E-state index in [-0.39, 0.29) is 67.6 Å². The van der Waals surface area contributed by atoms with Crippen molar-refractivity contribution in [1.29, 1.82) is 0 Å². The van der Waals surface area contributed by atoms with E-state index in [1.54, 1.807) is 21.3 Å². The number of pyridine rings is 1. The smallest absolute Gasteiger partial charge is 0.229 e. The van der Waals surface area contributed by atoms with Gasteiger partial charge < -0.3 is 37.2 Å². The van der Waals surface area contributed by atoms with Crippen molar-refractivity contribution in [3.63, 3.8) is 0 Å². The molecule has 3 aromatic heterocycles. The molecule has 0 bridgehead atoms. The van der Waals surface area contributed by atoms with Crippen LogP contribution < -0.4 is 37.2 Å². The number of aromatic nitrogens is 5. The van der Waals surface area contributed by atoms with Crippen molar-refractivity contribution in [3.8, 4) is 23.0 Å². The fourth-order valence-electron chi connectivity index (χ4n) is 3.72. The minimum absolute atomic E-state index is 0. The first-order chi connectivity index (χ1) is 14.5. The zero-order valence-electron chi connectivity index (χ0n) is 18.0. The number of halogens is 3. The van der Waals surface area contributed by atoms with E-state index in [0.29, 0.717) is 34.1 Å². The Morgan fingerprint density at radius 2 is 0.971 bits per heavy atom. The number of imidazole rings is 2. The van der Waals surface area contributed by atoms with E-state index in [1.807, 2.05) is 54.6 Å². The Morgan fingerprint density at radius 3 is 1.35 bits per heavy atom. The maximum Gasteiger partial charge on any atom is 0.229 e.